The molecule has 2 N–H and O–H groups in total. The number of benzene rings is 1. The highest BCUT2D eigenvalue weighted by Crippen LogP contribution is 2.09. The number of carbonyl (C=O) groups excluding carboxylic acids is 1. The summed E-state index contributed by atoms with van der Waals surface area (Å²) in [6.07, 6.45) is 1.09. The molecule has 116 valence electrons. The molecule has 0 atom stereocenters. The Bertz CT molecular complexity index is 428. The number of hydrogen-bond donors (Lipinski definition) is 2. The fraction of sp³-hybridized carbons (Fsp3) is 0.562. The number of anilines is 1. The lowest BCUT2D eigenvalue weighted by molar-refractivity contribution is 0.0383. The van der Waals surface area contributed by atoms with E-state index in [-0.39, 0.29) is 5.91 Å². The lowest BCUT2D eigenvalue weighted by Crippen LogP contribution is -2.41. The first-order chi connectivity index (χ1) is 10.3. The van der Waals surface area contributed by atoms with E-state index in [1.165, 1.54) is 0 Å². The molecule has 0 saturated carbocycles. The maximum Gasteiger partial charge on any atom is 0.251 e. The summed E-state index contributed by atoms with van der Waals surface area (Å²) >= 11 is 0. The predicted octanol–water partition coefficient (Wildman–Crippen LogP) is 1.57. The molecule has 2 rings (SSSR count). The van der Waals surface area contributed by atoms with Gasteiger partial charge in [-0.15, -0.1) is 0 Å². The minimum Gasteiger partial charge on any atom is -0.385 e. The van der Waals surface area contributed by atoms with Gasteiger partial charge in [0.2, 0.25) is 0 Å². The van der Waals surface area contributed by atoms with E-state index in [9.17, 15) is 4.79 Å². The van der Waals surface area contributed by atoms with Gasteiger partial charge in [-0.1, -0.05) is 6.92 Å². The van der Waals surface area contributed by atoms with Crippen molar-refractivity contribution in [3.8, 4) is 0 Å². The molecule has 0 spiro atoms. The van der Waals surface area contributed by atoms with Crippen LogP contribution in [0.4, 0.5) is 5.69 Å². The van der Waals surface area contributed by atoms with Gasteiger partial charge >= 0.3 is 0 Å². The molecule has 0 bridgehead atoms. The first-order valence-electron chi connectivity index (χ1n) is 7.72. The molecule has 1 aliphatic heterocycles. The Balaban J connectivity index is 1.72. The number of nitrogens with one attached hydrogen (secondary N) is 2. The summed E-state index contributed by atoms with van der Waals surface area (Å²) in [4.78, 5) is 14.3. The van der Waals surface area contributed by atoms with E-state index in [4.69, 9.17) is 4.74 Å². The molecule has 1 saturated heterocycles. The van der Waals surface area contributed by atoms with Crippen LogP contribution in [0.2, 0.25) is 0 Å². The van der Waals surface area contributed by atoms with Crippen molar-refractivity contribution in [3.05, 3.63) is 29.8 Å². The summed E-state index contributed by atoms with van der Waals surface area (Å²) in [5, 5.41) is 6.26. The molecule has 0 aromatic heterocycles. The van der Waals surface area contributed by atoms with Crippen molar-refractivity contribution in [2.45, 2.75) is 13.3 Å². The number of hydrogen-bond acceptors (Lipinski definition) is 4. The zero-order valence-electron chi connectivity index (χ0n) is 12.7. The summed E-state index contributed by atoms with van der Waals surface area (Å²) < 4.78 is 5.30. The second-order valence-electron chi connectivity index (χ2n) is 5.21. The van der Waals surface area contributed by atoms with E-state index in [2.05, 4.69) is 22.5 Å². The van der Waals surface area contributed by atoms with Crippen molar-refractivity contribution in [3.63, 3.8) is 0 Å². The number of carbonyl (C=O) groups is 1. The monoisotopic (exact) mass is 291 g/mol. The Kier molecular flexibility index (Phi) is 6.50. The number of ether oxygens (including phenoxy) is 1. The van der Waals surface area contributed by atoms with Gasteiger partial charge in [-0.25, -0.2) is 0 Å². The van der Waals surface area contributed by atoms with Crippen LogP contribution in [0.25, 0.3) is 0 Å². The Morgan fingerprint density at radius 2 is 1.90 bits per heavy atom. The lowest BCUT2D eigenvalue weighted by atomic mass is 10.2. The van der Waals surface area contributed by atoms with E-state index >= 15 is 0 Å². The van der Waals surface area contributed by atoms with Crippen LogP contribution in [-0.4, -0.2) is 56.7 Å². The topological polar surface area (TPSA) is 53.6 Å². The van der Waals surface area contributed by atoms with E-state index in [0.717, 1.165) is 51.5 Å². The van der Waals surface area contributed by atoms with Gasteiger partial charge in [0.1, 0.15) is 0 Å². The molecule has 1 heterocycles. The molecule has 0 radical (unpaired) electrons. The molecule has 1 aromatic rings. The fourth-order valence-corrected chi connectivity index (χ4v) is 2.26. The zero-order valence-corrected chi connectivity index (χ0v) is 12.7. The van der Waals surface area contributed by atoms with E-state index < -0.39 is 0 Å². The summed E-state index contributed by atoms with van der Waals surface area (Å²) in [5.74, 6) is -0.00898. The smallest absolute Gasteiger partial charge is 0.251 e. The highest BCUT2D eigenvalue weighted by atomic mass is 16.5. The quantitative estimate of drug-likeness (QED) is 0.801. The summed E-state index contributed by atoms with van der Waals surface area (Å²) in [6.45, 7) is 8.12. The molecule has 5 heteroatoms. The van der Waals surface area contributed by atoms with Crippen LogP contribution in [0.1, 0.15) is 23.7 Å². The third kappa shape index (κ3) is 5.36. The van der Waals surface area contributed by atoms with Gasteiger partial charge in [0.25, 0.3) is 5.91 Å². The minimum atomic E-state index is -0.00898. The van der Waals surface area contributed by atoms with Crippen LogP contribution in [0.3, 0.4) is 0 Å². The van der Waals surface area contributed by atoms with E-state index in [1.54, 1.807) is 0 Å². The SMILES string of the molecule is CCCNc1ccc(C(=O)NCCN2CCOCC2)cc1. The number of amides is 1. The summed E-state index contributed by atoms with van der Waals surface area (Å²) in [7, 11) is 0. The predicted molar refractivity (Wildman–Crippen MR) is 84.8 cm³/mol. The molecule has 0 aliphatic carbocycles. The molecule has 1 amide bonds. The molecule has 21 heavy (non-hydrogen) atoms. The third-order valence-electron chi connectivity index (χ3n) is 3.54. The van der Waals surface area contributed by atoms with Crippen molar-refractivity contribution in [2.75, 3.05) is 51.3 Å². The van der Waals surface area contributed by atoms with E-state index in [0.29, 0.717) is 12.1 Å². The molecule has 0 unspecified atom stereocenters. The molecule has 1 aliphatic rings. The van der Waals surface area contributed by atoms with Gasteiger partial charge in [-0.2, -0.15) is 0 Å². The largest absolute Gasteiger partial charge is 0.385 e. The molecular weight excluding hydrogens is 266 g/mol. The Morgan fingerprint density at radius 1 is 1.19 bits per heavy atom. The van der Waals surface area contributed by atoms with Crippen LogP contribution >= 0.6 is 0 Å². The molecule has 1 aromatic carbocycles. The first-order valence-corrected chi connectivity index (χ1v) is 7.72. The van der Waals surface area contributed by atoms with Crippen molar-refractivity contribution in [2.24, 2.45) is 0 Å². The first kappa shape index (κ1) is 15.8. The highest BCUT2D eigenvalue weighted by molar-refractivity contribution is 5.94. The van der Waals surface area contributed by atoms with Gasteiger partial charge < -0.3 is 15.4 Å². The minimum absolute atomic E-state index is 0.00898. The van der Waals surface area contributed by atoms with Gasteiger partial charge in [-0.3, -0.25) is 9.69 Å². The summed E-state index contributed by atoms with van der Waals surface area (Å²) in [5.41, 5.74) is 1.76. The second kappa shape index (κ2) is 8.64. The van der Waals surface area contributed by atoms with Gasteiger partial charge in [0.15, 0.2) is 0 Å². The van der Waals surface area contributed by atoms with E-state index in [1.807, 2.05) is 24.3 Å². The number of morpholine rings is 1. The lowest BCUT2D eigenvalue weighted by Gasteiger charge is -2.26. The molecule has 1 fully saturated rings. The van der Waals surface area contributed by atoms with Crippen LogP contribution in [0.5, 0.6) is 0 Å². The maximum absolute atomic E-state index is 12.0. The normalized spacial score (nSPS) is 15.7. The van der Waals surface area contributed by atoms with Gasteiger partial charge in [0.05, 0.1) is 13.2 Å². The number of rotatable bonds is 7. The average molecular weight is 291 g/mol. The van der Waals surface area contributed by atoms with Gasteiger partial charge in [0, 0.05) is 44.0 Å². The van der Waals surface area contributed by atoms with Gasteiger partial charge in [-0.05, 0) is 30.7 Å². The van der Waals surface area contributed by atoms with Crippen molar-refractivity contribution in [1.82, 2.24) is 10.2 Å². The Morgan fingerprint density at radius 3 is 2.57 bits per heavy atom. The molecular formula is C16H25N3O2. The van der Waals surface area contributed by atoms with Crippen LogP contribution in [0.15, 0.2) is 24.3 Å². The van der Waals surface area contributed by atoms with Crippen molar-refractivity contribution in [1.29, 1.82) is 0 Å². The Hall–Kier alpha value is -1.59. The average Bonchev–Trinajstić information content (AvgIpc) is 2.54. The van der Waals surface area contributed by atoms with Crippen LogP contribution in [-0.2, 0) is 4.74 Å². The van der Waals surface area contributed by atoms with Crippen molar-refractivity contribution < 1.29 is 9.53 Å². The maximum atomic E-state index is 12.0. The summed E-state index contributed by atoms with van der Waals surface area (Å²) in [6, 6.07) is 7.63. The molecule has 5 nitrogen and oxygen atoms in total. The standard InChI is InChI=1S/C16H25N3O2/c1-2-7-17-15-5-3-14(4-6-15)16(20)18-8-9-19-10-12-21-13-11-19/h3-6,17H,2,7-13H2,1H3,(H,18,20). The number of nitrogens with zero attached hydrogens (tertiary/aromatic N) is 1. The second-order valence-corrected chi connectivity index (χ2v) is 5.21. The van der Waals surface area contributed by atoms with Crippen molar-refractivity contribution >= 4 is 11.6 Å². The fourth-order valence-electron chi connectivity index (χ4n) is 2.26. The zero-order chi connectivity index (χ0) is 14.9. The third-order valence-corrected chi connectivity index (χ3v) is 3.54. The Labute approximate surface area is 126 Å². The highest BCUT2D eigenvalue weighted by Gasteiger charge is 2.10. The van der Waals surface area contributed by atoms with Crippen LogP contribution < -0.4 is 10.6 Å². The van der Waals surface area contributed by atoms with Crippen LogP contribution in [0, 0.1) is 0 Å².